The molecule has 1 amide bonds. The fourth-order valence-corrected chi connectivity index (χ4v) is 2.08. The predicted molar refractivity (Wildman–Crippen MR) is 83.6 cm³/mol. The van der Waals surface area contributed by atoms with Crippen LogP contribution in [0.4, 0.5) is 5.88 Å². The fourth-order valence-electron chi connectivity index (χ4n) is 2.08. The molecule has 0 atom stereocenters. The Morgan fingerprint density at radius 3 is 2.61 bits per heavy atom. The molecule has 0 radical (unpaired) electrons. The van der Waals surface area contributed by atoms with Crippen molar-refractivity contribution in [2.24, 2.45) is 0 Å². The highest BCUT2D eigenvalue weighted by molar-refractivity contribution is 5.96. The highest BCUT2D eigenvalue weighted by Crippen LogP contribution is 2.16. The monoisotopic (exact) mass is 317 g/mol. The lowest BCUT2D eigenvalue weighted by Crippen LogP contribution is -2.31. The van der Waals surface area contributed by atoms with Crippen LogP contribution in [0.25, 0.3) is 0 Å². The molecule has 7 nitrogen and oxygen atoms in total. The van der Waals surface area contributed by atoms with Crippen LogP contribution in [0.3, 0.4) is 0 Å². The van der Waals surface area contributed by atoms with E-state index in [4.69, 9.17) is 15.0 Å². The van der Waals surface area contributed by atoms with Crippen molar-refractivity contribution in [2.75, 3.05) is 19.4 Å². The van der Waals surface area contributed by atoms with E-state index >= 15 is 0 Å². The summed E-state index contributed by atoms with van der Waals surface area (Å²) in [5.41, 5.74) is 8.01. The summed E-state index contributed by atoms with van der Waals surface area (Å²) in [5, 5.41) is 3.57. The third kappa shape index (κ3) is 3.88. The summed E-state index contributed by atoms with van der Waals surface area (Å²) in [6, 6.07) is 7.78. The van der Waals surface area contributed by atoms with Crippen LogP contribution in [0.15, 0.2) is 28.8 Å². The van der Waals surface area contributed by atoms with E-state index in [-0.39, 0.29) is 24.0 Å². The number of aromatic nitrogens is 1. The number of nitrogens with two attached hydrogens (primary N) is 1. The normalized spacial score (nSPS) is 10.4. The van der Waals surface area contributed by atoms with Gasteiger partial charge in [0.2, 0.25) is 5.88 Å². The average molecular weight is 317 g/mol. The number of nitrogens with zero attached hydrogens (tertiary/aromatic N) is 2. The maximum atomic E-state index is 12.1. The Balaban J connectivity index is 1.92. The predicted octanol–water partition coefficient (Wildman–Crippen LogP) is 1.69. The Morgan fingerprint density at radius 2 is 2.00 bits per heavy atom. The topological polar surface area (TPSA) is 98.7 Å². The summed E-state index contributed by atoms with van der Waals surface area (Å²) < 4.78 is 9.68. The molecule has 7 heteroatoms. The van der Waals surface area contributed by atoms with Gasteiger partial charge in [0.05, 0.1) is 5.69 Å². The molecule has 0 fully saturated rings. The average Bonchev–Trinajstić information content (AvgIpc) is 2.85. The maximum Gasteiger partial charge on any atom is 0.346 e. The number of nitrogen functional groups attached to an aromatic ring is 1. The molecule has 1 aromatic heterocycles. The largest absolute Gasteiger partial charge is 0.452 e. The second kappa shape index (κ2) is 6.95. The first-order chi connectivity index (χ1) is 10.9. The van der Waals surface area contributed by atoms with Gasteiger partial charge >= 0.3 is 5.97 Å². The number of hydrogen-bond acceptors (Lipinski definition) is 6. The van der Waals surface area contributed by atoms with E-state index in [0.29, 0.717) is 12.2 Å². The Hall–Kier alpha value is -2.83. The maximum absolute atomic E-state index is 12.1. The van der Waals surface area contributed by atoms with Gasteiger partial charge < -0.3 is 19.9 Å². The minimum Gasteiger partial charge on any atom is -0.452 e. The molecule has 0 aliphatic carbocycles. The SMILES string of the molecule is Cc1ccccc1CN(C)C(=O)COC(=O)c1c(C)noc1N. The number of benzene rings is 1. The number of rotatable bonds is 5. The van der Waals surface area contributed by atoms with Crippen LogP contribution in [-0.4, -0.2) is 35.6 Å². The van der Waals surface area contributed by atoms with E-state index < -0.39 is 5.97 Å². The summed E-state index contributed by atoms with van der Waals surface area (Å²) in [6.45, 7) is 3.62. The van der Waals surface area contributed by atoms with E-state index in [1.807, 2.05) is 31.2 Å². The number of likely N-dealkylation sites (N-methyl/N-ethyl adjacent to an activating group) is 1. The van der Waals surface area contributed by atoms with Gasteiger partial charge in [0.15, 0.2) is 6.61 Å². The van der Waals surface area contributed by atoms with E-state index in [0.717, 1.165) is 11.1 Å². The molecule has 0 saturated carbocycles. The zero-order chi connectivity index (χ0) is 17.0. The molecule has 0 bridgehead atoms. The van der Waals surface area contributed by atoms with Crippen LogP contribution in [0, 0.1) is 13.8 Å². The van der Waals surface area contributed by atoms with Crippen molar-refractivity contribution in [1.82, 2.24) is 10.1 Å². The van der Waals surface area contributed by atoms with Gasteiger partial charge in [0.25, 0.3) is 5.91 Å². The second-order valence-corrected chi connectivity index (χ2v) is 5.26. The van der Waals surface area contributed by atoms with Gasteiger partial charge in [-0.3, -0.25) is 4.79 Å². The first-order valence-electron chi connectivity index (χ1n) is 7.07. The van der Waals surface area contributed by atoms with Gasteiger partial charge in [-0.25, -0.2) is 4.79 Å². The molecule has 1 heterocycles. The molecule has 1 aromatic carbocycles. The van der Waals surface area contributed by atoms with Crippen LogP contribution >= 0.6 is 0 Å². The quantitative estimate of drug-likeness (QED) is 0.843. The van der Waals surface area contributed by atoms with Crippen LogP contribution in [0.2, 0.25) is 0 Å². The minimum atomic E-state index is -0.723. The van der Waals surface area contributed by atoms with Crippen LogP contribution in [0.5, 0.6) is 0 Å². The van der Waals surface area contributed by atoms with Gasteiger partial charge in [0.1, 0.15) is 5.56 Å². The van der Waals surface area contributed by atoms with Crippen molar-refractivity contribution in [3.8, 4) is 0 Å². The number of amides is 1. The lowest BCUT2D eigenvalue weighted by atomic mass is 10.1. The molecule has 2 aromatic rings. The summed E-state index contributed by atoms with van der Waals surface area (Å²) in [5.74, 6) is -1.15. The number of carbonyl (C=O) groups excluding carboxylic acids is 2. The molecule has 2 N–H and O–H groups in total. The van der Waals surface area contributed by atoms with Gasteiger partial charge in [-0.05, 0) is 25.0 Å². The van der Waals surface area contributed by atoms with Gasteiger partial charge in [-0.15, -0.1) is 0 Å². The third-order valence-corrected chi connectivity index (χ3v) is 3.51. The van der Waals surface area contributed by atoms with Crippen molar-refractivity contribution in [3.05, 3.63) is 46.6 Å². The third-order valence-electron chi connectivity index (χ3n) is 3.51. The van der Waals surface area contributed by atoms with E-state index in [9.17, 15) is 9.59 Å². The van der Waals surface area contributed by atoms with E-state index in [2.05, 4.69) is 5.16 Å². The molecular weight excluding hydrogens is 298 g/mol. The highest BCUT2D eigenvalue weighted by atomic mass is 16.5. The van der Waals surface area contributed by atoms with Crippen LogP contribution in [0.1, 0.15) is 27.2 Å². The molecular formula is C16H19N3O4. The smallest absolute Gasteiger partial charge is 0.346 e. The fraction of sp³-hybridized carbons (Fsp3) is 0.312. The van der Waals surface area contributed by atoms with Crippen LogP contribution in [-0.2, 0) is 16.1 Å². The Morgan fingerprint density at radius 1 is 1.30 bits per heavy atom. The number of anilines is 1. The molecule has 0 unspecified atom stereocenters. The van der Waals surface area contributed by atoms with Gasteiger partial charge in [-0.2, -0.15) is 0 Å². The van der Waals surface area contributed by atoms with Gasteiger partial charge in [-0.1, -0.05) is 29.4 Å². The lowest BCUT2D eigenvalue weighted by molar-refractivity contribution is -0.133. The van der Waals surface area contributed by atoms with Crippen molar-refractivity contribution in [3.63, 3.8) is 0 Å². The lowest BCUT2D eigenvalue weighted by Gasteiger charge is -2.18. The van der Waals surface area contributed by atoms with Crippen molar-refractivity contribution in [2.45, 2.75) is 20.4 Å². The number of carbonyl (C=O) groups is 2. The van der Waals surface area contributed by atoms with E-state index in [1.165, 1.54) is 4.90 Å². The summed E-state index contributed by atoms with van der Waals surface area (Å²) >= 11 is 0. The van der Waals surface area contributed by atoms with Crippen molar-refractivity contribution in [1.29, 1.82) is 0 Å². The second-order valence-electron chi connectivity index (χ2n) is 5.26. The zero-order valence-electron chi connectivity index (χ0n) is 13.3. The number of hydrogen-bond donors (Lipinski definition) is 1. The molecule has 0 spiro atoms. The highest BCUT2D eigenvalue weighted by Gasteiger charge is 2.21. The first-order valence-corrected chi connectivity index (χ1v) is 7.07. The van der Waals surface area contributed by atoms with Crippen molar-refractivity contribution >= 4 is 17.8 Å². The number of ether oxygens (including phenoxy) is 1. The standard InChI is InChI=1S/C16H19N3O4/c1-10-6-4-5-7-12(10)8-19(3)13(20)9-22-16(21)14-11(2)18-23-15(14)17/h4-7H,8-9,17H2,1-3H3. The van der Waals surface area contributed by atoms with Crippen LogP contribution < -0.4 is 5.73 Å². The molecule has 0 aliphatic rings. The minimum absolute atomic E-state index is 0.0550. The summed E-state index contributed by atoms with van der Waals surface area (Å²) in [4.78, 5) is 25.5. The Kier molecular flexibility index (Phi) is 5.00. The first kappa shape index (κ1) is 16.5. The Bertz CT molecular complexity index is 704. The molecule has 0 saturated heterocycles. The van der Waals surface area contributed by atoms with E-state index in [1.54, 1.807) is 14.0 Å². The Labute approximate surface area is 134 Å². The number of esters is 1. The number of aryl methyl sites for hydroxylation is 2. The van der Waals surface area contributed by atoms with Crippen molar-refractivity contribution < 1.29 is 18.8 Å². The molecule has 122 valence electrons. The molecule has 2 rings (SSSR count). The summed E-state index contributed by atoms with van der Waals surface area (Å²) in [6.07, 6.45) is 0. The molecule has 0 aliphatic heterocycles. The molecule has 23 heavy (non-hydrogen) atoms. The summed E-state index contributed by atoms with van der Waals surface area (Å²) in [7, 11) is 1.65. The van der Waals surface area contributed by atoms with Gasteiger partial charge in [0, 0.05) is 13.6 Å². The zero-order valence-corrected chi connectivity index (χ0v) is 13.3.